The molecule has 8 nitrogen and oxygen atoms in total. The molecule has 9 heteroatoms. The lowest BCUT2D eigenvalue weighted by molar-refractivity contribution is 0.0253. The van der Waals surface area contributed by atoms with Gasteiger partial charge in [-0.1, -0.05) is 47.1 Å². The van der Waals surface area contributed by atoms with E-state index in [1.807, 2.05) is 48.0 Å². The van der Waals surface area contributed by atoms with Gasteiger partial charge in [0.2, 0.25) is 5.82 Å². The van der Waals surface area contributed by atoms with Crippen LogP contribution in [-0.4, -0.2) is 49.8 Å². The highest BCUT2D eigenvalue weighted by Gasteiger charge is 2.33. The number of benzene rings is 1. The highest BCUT2D eigenvalue weighted by molar-refractivity contribution is 6.29. The van der Waals surface area contributed by atoms with Gasteiger partial charge in [0.25, 0.3) is 5.89 Å². The number of hydrogen-bond donors (Lipinski definition) is 1. The first-order valence-corrected chi connectivity index (χ1v) is 11.2. The molecule has 1 saturated heterocycles. The van der Waals surface area contributed by atoms with E-state index in [1.165, 1.54) is 0 Å². The van der Waals surface area contributed by atoms with Gasteiger partial charge in [0.05, 0.1) is 13.2 Å². The van der Waals surface area contributed by atoms with Crippen molar-refractivity contribution in [2.45, 2.75) is 31.7 Å². The standard InChI is InChI=1S/C24H24ClN5O3/c1-16-12-20(28-30(16)14-17-2-7-21(25)26-13-17)23-27-22(29-33-23)18-3-5-19(6-4-18)24(15-31)8-10-32-11-9-24/h2-7,12-13,31H,8-11,14-15H2,1H3. The monoisotopic (exact) mass is 465 g/mol. The molecule has 0 spiro atoms. The summed E-state index contributed by atoms with van der Waals surface area (Å²) >= 11 is 5.87. The van der Waals surface area contributed by atoms with Gasteiger partial charge >= 0.3 is 0 Å². The molecule has 0 saturated carbocycles. The molecule has 4 heterocycles. The average molecular weight is 466 g/mol. The van der Waals surface area contributed by atoms with Crippen molar-refractivity contribution in [1.29, 1.82) is 0 Å². The first kappa shape index (κ1) is 21.8. The summed E-state index contributed by atoms with van der Waals surface area (Å²) in [7, 11) is 0. The topological polar surface area (TPSA) is 99.1 Å². The maximum atomic E-state index is 10.0. The number of rotatable bonds is 6. The van der Waals surface area contributed by atoms with Crippen LogP contribution in [0.1, 0.15) is 29.7 Å². The molecule has 3 aromatic heterocycles. The minimum atomic E-state index is -0.247. The van der Waals surface area contributed by atoms with Crippen LogP contribution in [0, 0.1) is 6.92 Å². The van der Waals surface area contributed by atoms with Gasteiger partial charge in [-0.15, -0.1) is 0 Å². The zero-order valence-electron chi connectivity index (χ0n) is 18.2. The summed E-state index contributed by atoms with van der Waals surface area (Å²) in [6, 6.07) is 13.6. The summed E-state index contributed by atoms with van der Waals surface area (Å²) in [6.07, 6.45) is 3.35. The predicted octanol–water partition coefficient (Wildman–Crippen LogP) is 4.05. The Morgan fingerprint density at radius 2 is 1.91 bits per heavy atom. The van der Waals surface area contributed by atoms with Crippen LogP contribution < -0.4 is 0 Å². The fourth-order valence-electron chi connectivity index (χ4n) is 4.17. The number of pyridine rings is 1. The van der Waals surface area contributed by atoms with Crippen molar-refractivity contribution >= 4 is 11.6 Å². The molecule has 0 radical (unpaired) electrons. The van der Waals surface area contributed by atoms with Crippen LogP contribution in [0.4, 0.5) is 0 Å². The minimum Gasteiger partial charge on any atom is -0.395 e. The van der Waals surface area contributed by atoms with Crippen molar-refractivity contribution < 1.29 is 14.4 Å². The largest absolute Gasteiger partial charge is 0.395 e. The smallest absolute Gasteiger partial charge is 0.278 e. The van der Waals surface area contributed by atoms with Crippen LogP contribution in [0.5, 0.6) is 0 Å². The number of aliphatic hydroxyl groups is 1. The quantitative estimate of drug-likeness (QED) is 0.429. The molecule has 0 amide bonds. The third-order valence-electron chi connectivity index (χ3n) is 6.26. The maximum absolute atomic E-state index is 10.0. The van der Waals surface area contributed by atoms with Crippen molar-refractivity contribution in [1.82, 2.24) is 24.9 Å². The van der Waals surface area contributed by atoms with Crippen molar-refractivity contribution in [2.24, 2.45) is 0 Å². The number of aryl methyl sites for hydroxylation is 1. The first-order chi connectivity index (χ1) is 16.1. The van der Waals surface area contributed by atoms with Crippen molar-refractivity contribution in [3.8, 4) is 23.0 Å². The lowest BCUT2D eigenvalue weighted by atomic mass is 9.75. The van der Waals surface area contributed by atoms with Crippen LogP contribution in [0.3, 0.4) is 0 Å². The van der Waals surface area contributed by atoms with Crippen LogP contribution in [-0.2, 0) is 16.7 Å². The van der Waals surface area contributed by atoms with Gasteiger partial charge in [0, 0.05) is 36.1 Å². The molecule has 0 atom stereocenters. The molecular weight excluding hydrogens is 442 g/mol. The summed E-state index contributed by atoms with van der Waals surface area (Å²) in [5.41, 5.74) is 4.28. The summed E-state index contributed by atoms with van der Waals surface area (Å²) in [5.74, 6) is 0.858. The van der Waals surface area contributed by atoms with E-state index in [1.54, 1.807) is 12.3 Å². The fourth-order valence-corrected chi connectivity index (χ4v) is 4.28. The summed E-state index contributed by atoms with van der Waals surface area (Å²) in [6.45, 7) is 3.98. The Bertz CT molecular complexity index is 1230. The van der Waals surface area contributed by atoms with Gasteiger partial charge in [-0.3, -0.25) is 4.68 Å². The minimum absolute atomic E-state index is 0.107. The van der Waals surface area contributed by atoms with Gasteiger partial charge in [0.1, 0.15) is 5.15 Å². The molecule has 4 aromatic rings. The van der Waals surface area contributed by atoms with E-state index in [4.69, 9.17) is 20.9 Å². The maximum Gasteiger partial charge on any atom is 0.278 e. The highest BCUT2D eigenvalue weighted by Crippen LogP contribution is 2.35. The van der Waals surface area contributed by atoms with Gasteiger partial charge in [-0.25, -0.2) is 4.98 Å². The second kappa shape index (κ2) is 9.05. The Morgan fingerprint density at radius 1 is 1.12 bits per heavy atom. The molecule has 1 aromatic carbocycles. The van der Waals surface area contributed by atoms with Crippen molar-refractivity contribution in [2.75, 3.05) is 19.8 Å². The van der Waals surface area contributed by atoms with E-state index in [9.17, 15) is 5.11 Å². The number of nitrogens with zero attached hydrogens (tertiary/aromatic N) is 5. The number of aliphatic hydroxyl groups excluding tert-OH is 1. The third kappa shape index (κ3) is 4.42. The van der Waals surface area contributed by atoms with Crippen LogP contribution in [0.25, 0.3) is 23.0 Å². The Balaban J connectivity index is 1.35. The highest BCUT2D eigenvalue weighted by atomic mass is 35.5. The van der Waals surface area contributed by atoms with Gasteiger partial charge in [-0.2, -0.15) is 10.1 Å². The Morgan fingerprint density at radius 3 is 2.61 bits per heavy atom. The number of aromatic nitrogens is 5. The van der Waals surface area contributed by atoms with Gasteiger partial charge < -0.3 is 14.4 Å². The lowest BCUT2D eigenvalue weighted by Crippen LogP contribution is -2.37. The average Bonchev–Trinajstić information content (AvgIpc) is 3.48. The molecule has 0 bridgehead atoms. The molecule has 1 fully saturated rings. The number of hydrogen-bond acceptors (Lipinski definition) is 7. The molecule has 1 aliphatic rings. The Kier molecular flexibility index (Phi) is 5.97. The molecule has 33 heavy (non-hydrogen) atoms. The number of halogens is 1. The van der Waals surface area contributed by atoms with Crippen LogP contribution in [0.2, 0.25) is 5.15 Å². The third-order valence-corrected chi connectivity index (χ3v) is 6.48. The van der Waals surface area contributed by atoms with E-state index in [-0.39, 0.29) is 12.0 Å². The molecule has 0 unspecified atom stereocenters. The molecule has 0 aliphatic carbocycles. The van der Waals surface area contributed by atoms with Crippen molar-refractivity contribution in [3.05, 3.63) is 70.6 Å². The second-order valence-corrected chi connectivity index (χ2v) is 8.76. The fraction of sp³-hybridized carbons (Fsp3) is 0.333. The second-order valence-electron chi connectivity index (χ2n) is 8.37. The normalized spacial score (nSPS) is 15.6. The lowest BCUT2D eigenvalue weighted by Gasteiger charge is -2.36. The van der Waals surface area contributed by atoms with E-state index in [0.717, 1.165) is 35.2 Å². The van der Waals surface area contributed by atoms with E-state index < -0.39 is 0 Å². The van der Waals surface area contributed by atoms with Crippen LogP contribution >= 0.6 is 11.6 Å². The molecule has 1 N–H and O–H groups in total. The number of ether oxygens (including phenoxy) is 1. The van der Waals surface area contributed by atoms with E-state index in [2.05, 4.69) is 20.2 Å². The van der Waals surface area contributed by atoms with Gasteiger partial charge in [0.15, 0.2) is 5.69 Å². The molecule has 5 rings (SSSR count). The van der Waals surface area contributed by atoms with E-state index in [0.29, 0.717) is 42.3 Å². The predicted molar refractivity (Wildman–Crippen MR) is 123 cm³/mol. The van der Waals surface area contributed by atoms with Crippen molar-refractivity contribution in [3.63, 3.8) is 0 Å². The summed E-state index contributed by atoms with van der Waals surface area (Å²) < 4.78 is 12.8. The Hall–Kier alpha value is -3.07. The first-order valence-electron chi connectivity index (χ1n) is 10.8. The zero-order valence-corrected chi connectivity index (χ0v) is 19.0. The zero-order chi connectivity index (χ0) is 22.8. The molecule has 1 aliphatic heterocycles. The summed E-state index contributed by atoms with van der Waals surface area (Å²) in [5, 5.41) is 19.3. The van der Waals surface area contributed by atoms with Gasteiger partial charge in [-0.05, 0) is 43.0 Å². The molecule has 170 valence electrons. The van der Waals surface area contributed by atoms with Crippen LogP contribution in [0.15, 0.2) is 53.2 Å². The van der Waals surface area contributed by atoms with E-state index >= 15 is 0 Å². The molecular formula is C24H24ClN5O3. The SMILES string of the molecule is Cc1cc(-c2nc(-c3ccc(C4(CO)CCOCC4)cc3)no2)nn1Cc1ccc(Cl)nc1. The summed E-state index contributed by atoms with van der Waals surface area (Å²) in [4.78, 5) is 8.67. The Labute approximate surface area is 196 Å².